The Morgan fingerprint density at radius 2 is 0.966 bits per heavy atom. The van der Waals surface area contributed by atoms with E-state index in [9.17, 15) is 39.5 Å². The van der Waals surface area contributed by atoms with Gasteiger partial charge in [0.2, 0.25) is 0 Å². The van der Waals surface area contributed by atoms with Gasteiger partial charge in [-0.1, -0.05) is 54.6 Å². The largest absolute Gasteiger partial charge is 0.460 e. The second-order valence-corrected chi connectivity index (χ2v) is 6.69. The van der Waals surface area contributed by atoms with Crippen LogP contribution in [0.3, 0.4) is 0 Å². The van der Waals surface area contributed by atoms with Gasteiger partial charge in [-0.15, -0.1) is 0 Å². The van der Waals surface area contributed by atoms with Gasteiger partial charge in [0.15, 0.2) is 0 Å². The maximum Gasteiger partial charge on any atom is 0.460 e. The van der Waals surface area contributed by atoms with Crippen molar-refractivity contribution in [2.45, 2.75) is 23.9 Å². The van der Waals surface area contributed by atoms with Crippen LogP contribution in [0.1, 0.15) is 5.56 Å². The quantitative estimate of drug-likeness (QED) is 0.238. The molecule has 4 aromatic carbocycles. The van der Waals surface area contributed by atoms with Crippen molar-refractivity contribution in [3.05, 3.63) is 60.2 Å². The fraction of sp³-hybridized carbons (Fsp3) is 0.200. The maximum atomic E-state index is 14.6. The molecule has 0 aliphatic carbocycles. The second-order valence-electron chi connectivity index (χ2n) is 6.69. The van der Waals surface area contributed by atoms with Crippen LogP contribution in [-0.2, 0) is 5.92 Å². The van der Waals surface area contributed by atoms with E-state index in [0.717, 1.165) is 12.1 Å². The van der Waals surface area contributed by atoms with Crippen LogP contribution in [0, 0.1) is 0 Å². The molecule has 9 heteroatoms. The van der Waals surface area contributed by atoms with Gasteiger partial charge in [0, 0.05) is 5.56 Å². The zero-order valence-electron chi connectivity index (χ0n) is 14.1. The van der Waals surface area contributed by atoms with E-state index in [1.807, 2.05) is 0 Å². The molecule has 0 amide bonds. The molecule has 0 nitrogen and oxygen atoms in total. The highest BCUT2D eigenvalue weighted by molar-refractivity contribution is 6.23. The molecule has 0 fully saturated rings. The minimum absolute atomic E-state index is 0.0869. The first kappa shape index (κ1) is 19.6. The first-order chi connectivity index (χ1) is 13.3. The van der Waals surface area contributed by atoms with Crippen LogP contribution in [0.5, 0.6) is 0 Å². The molecule has 0 aliphatic rings. The van der Waals surface area contributed by atoms with Crippen LogP contribution in [0.2, 0.25) is 0 Å². The van der Waals surface area contributed by atoms with Crippen LogP contribution in [0.15, 0.2) is 54.6 Å². The van der Waals surface area contributed by atoms with E-state index in [1.165, 1.54) is 12.1 Å². The third-order valence-corrected chi connectivity index (χ3v) is 5.01. The van der Waals surface area contributed by atoms with Crippen LogP contribution < -0.4 is 0 Å². The average molecular weight is 420 g/mol. The minimum Gasteiger partial charge on any atom is -0.194 e. The first-order valence-corrected chi connectivity index (χ1v) is 8.18. The lowest BCUT2D eigenvalue weighted by atomic mass is 9.87. The van der Waals surface area contributed by atoms with Gasteiger partial charge in [-0.05, 0) is 32.3 Å². The molecule has 0 aromatic heterocycles. The van der Waals surface area contributed by atoms with Gasteiger partial charge in [0.25, 0.3) is 0 Å². The van der Waals surface area contributed by atoms with E-state index in [0.29, 0.717) is 27.6 Å². The third kappa shape index (κ3) is 2.42. The summed E-state index contributed by atoms with van der Waals surface area (Å²) in [5, 5.41) is 1.50. The number of hydrogen-bond donors (Lipinski definition) is 0. The van der Waals surface area contributed by atoms with Gasteiger partial charge in [0.05, 0.1) is 0 Å². The third-order valence-electron chi connectivity index (χ3n) is 5.01. The normalized spacial score (nSPS) is 14.4. The Hall–Kier alpha value is -2.71. The molecule has 0 unspecified atom stereocenters. The number of benzene rings is 4. The minimum atomic E-state index is -6.94. The predicted octanol–water partition coefficient (Wildman–Crippen LogP) is 7.51. The first-order valence-electron chi connectivity index (χ1n) is 8.18. The van der Waals surface area contributed by atoms with Crippen molar-refractivity contribution in [3.63, 3.8) is 0 Å². The molecular formula is C20H9F9. The van der Waals surface area contributed by atoms with E-state index in [1.54, 1.807) is 24.3 Å². The van der Waals surface area contributed by atoms with Gasteiger partial charge in [-0.2, -0.15) is 39.5 Å². The number of alkyl halides is 9. The highest BCUT2D eigenvalue weighted by atomic mass is 19.4. The Morgan fingerprint density at radius 3 is 1.52 bits per heavy atom. The maximum absolute atomic E-state index is 14.6. The molecule has 4 aromatic rings. The summed E-state index contributed by atoms with van der Waals surface area (Å²) in [7, 11) is 0. The highest BCUT2D eigenvalue weighted by Gasteiger charge is 2.82. The molecule has 4 rings (SSSR count). The van der Waals surface area contributed by atoms with Crippen molar-refractivity contribution < 1.29 is 39.5 Å². The SMILES string of the molecule is FC(F)(F)C(F)(F)C(F)(F)C(F)(F)c1ccc2ccc3cccc4ccc1c2c34. The molecule has 0 spiro atoms. The van der Waals surface area contributed by atoms with E-state index < -0.39 is 34.9 Å². The molecule has 152 valence electrons. The van der Waals surface area contributed by atoms with Gasteiger partial charge in [-0.3, -0.25) is 0 Å². The summed E-state index contributed by atoms with van der Waals surface area (Å²) in [5.41, 5.74) is -1.60. The van der Waals surface area contributed by atoms with Gasteiger partial charge >= 0.3 is 23.9 Å². The fourth-order valence-electron chi connectivity index (χ4n) is 3.55. The van der Waals surface area contributed by atoms with E-state index >= 15 is 0 Å². The second kappa shape index (κ2) is 5.67. The molecule has 29 heavy (non-hydrogen) atoms. The molecule has 0 heterocycles. The molecule has 0 atom stereocenters. The van der Waals surface area contributed by atoms with Crippen molar-refractivity contribution in [2.75, 3.05) is 0 Å². The van der Waals surface area contributed by atoms with Crippen molar-refractivity contribution in [2.24, 2.45) is 0 Å². The van der Waals surface area contributed by atoms with Gasteiger partial charge in [-0.25, -0.2) is 0 Å². The highest BCUT2D eigenvalue weighted by Crippen LogP contribution is 2.57. The van der Waals surface area contributed by atoms with Gasteiger partial charge < -0.3 is 0 Å². The van der Waals surface area contributed by atoms with E-state index in [4.69, 9.17) is 0 Å². The summed E-state index contributed by atoms with van der Waals surface area (Å²) >= 11 is 0. The number of rotatable bonds is 3. The Kier molecular flexibility index (Phi) is 3.83. The van der Waals surface area contributed by atoms with Crippen LogP contribution in [0.25, 0.3) is 32.3 Å². The summed E-state index contributed by atoms with van der Waals surface area (Å²) in [6.45, 7) is 0. The summed E-state index contributed by atoms with van der Waals surface area (Å²) in [6.07, 6.45) is -6.86. The Labute approximate surface area is 156 Å². The Balaban J connectivity index is 2.05. The average Bonchev–Trinajstić information content (AvgIpc) is 2.64. The number of hydrogen-bond acceptors (Lipinski definition) is 0. The predicted molar refractivity (Wildman–Crippen MR) is 90.0 cm³/mol. The number of halogens is 9. The van der Waals surface area contributed by atoms with Crippen molar-refractivity contribution >= 4 is 32.3 Å². The molecule has 0 saturated carbocycles. The Morgan fingerprint density at radius 1 is 0.483 bits per heavy atom. The lowest BCUT2D eigenvalue weighted by Gasteiger charge is -2.34. The van der Waals surface area contributed by atoms with E-state index in [-0.39, 0.29) is 5.39 Å². The Bertz CT molecular complexity index is 1210. The van der Waals surface area contributed by atoms with Crippen molar-refractivity contribution in [1.82, 2.24) is 0 Å². The molecule has 0 aliphatic heterocycles. The van der Waals surface area contributed by atoms with E-state index in [2.05, 4.69) is 0 Å². The van der Waals surface area contributed by atoms with Crippen LogP contribution >= 0.6 is 0 Å². The molecule has 0 bridgehead atoms. The van der Waals surface area contributed by atoms with Crippen LogP contribution in [0.4, 0.5) is 39.5 Å². The topological polar surface area (TPSA) is 0 Å². The summed E-state index contributed by atoms with van der Waals surface area (Å²) in [6, 6.07) is 11.9. The molecular weight excluding hydrogens is 411 g/mol. The summed E-state index contributed by atoms with van der Waals surface area (Å²) in [5.74, 6) is -19.4. The van der Waals surface area contributed by atoms with Crippen LogP contribution in [-0.4, -0.2) is 18.0 Å². The standard InChI is InChI=1S/C20H9F9/c21-17(22,18(23,24)19(25,26)20(27,28)29)14-9-7-12-5-4-10-2-1-3-11-6-8-13(14)16(12)15(10)11/h1-9H. The van der Waals surface area contributed by atoms with Crippen molar-refractivity contribution in [3.8, 4) is 0 Å². The molecule has 0 radical (unpaired) electrons. The lowest BCUT2D eigenvalue weighted by Crippen LogP contribution is -2.59. The zero-order chi connectivity index (χ0) is 21.4. The summed E-state index contributed by atoms with van der Waals surface area (Å²) < 4.78 is 121. The lowest BCUT2D eigenvalue weighted by molar-refractivity contribution is -0.399. The van der Waals surface area contributed by atoms with Crippen molar-refractivity contribution in [1.29, 1.82) is 0 Å². The summed E-state index contributed by atoms with van der Waals surface area (Å²) in [4.78, 5) is 0. The smallest absolute Gasteiger partial charge is 0.194 e. The molecule has 0 saturated heterocycles. The zero-order valence-corrected chi connectivity index (χ0v) is 14.1. The monoisotopic (exact) mass is 420 g/mol. The molecule has 0 N–H and O–H groups in total. The van der Waals surface area contributed by atoms with Gasteiger partial charge in [0.1, 0.15) is 0 Å². The fourth-order valence-corrected chi connectivity index (χ4v) is 3.55.